The van der Waals surface area contributed by atoms with Crippen LogP contribution in [-0.4, -0.2) is 19.1 Å². The molecule has 3 heteroatoms. The van der Waals surface area contributed by atoms with Crippen LogP contribution in [0.25, 0.3) is 0 Å². The van der Waals surface area contributed by atoms with Crippen LogP contribution >= 0.6 is 0 Å². The van der Waals surface area contributed by atoms with Crippen LogP contribution in [-0.2, 0) is 9.53 Å². The first-order valence-corrected chi connectivity index (χ1v) is 5.51. The minimum absolute atomic E-state index is 0.114. The summed E-state index contributed by atoms with van der Waals surface area (Å²) < 4.78 is 4.63. The molecule has 0 heterocycles. The zero-order chi connectivity index (χ0) is 12.0. The van der Waals surface area contributed by atoms with Gasteiger partial charge in [-0.15, -0.1) is 0 Å². The van der Waals surface area contributed by atoms with Gasteiger partial charge in [-0.3, -0.25) is 4.79 Å². The number of methoxy groups -OCH3 is 1. The first-order chi connectivity index (χ1) is 7.63. The Balaban J connectivity index is 2.45. The van der Waals surface area contributed by atoms with E-state index in [9.17, 15) is 4.79 Å². The Bertz CT molecular complexity index is 324. The summed E-state index contributed by atoms with van der Waals surface area (Å²) in [6.07, 6.45) is 0.397. The molecule has 0 amide bonds. The van der Waals surface area contributed by atoms with Crippen LogP contribution in [0.5, 0.6) is 0 Å². The molecule has 3 nitrogen and oxygen atoms in total. The molecule has 0 bridgehead atoms. The molecular formula is C13H19NO2. The summed E-state index contributed by atoms with van der Waals surface area (Å²) in [5.41, 5.74) is 1.22. The second-order valence-corrected chi connectivity index (χ2v) is 3.98. The van der Waals surface area contributed by atoms with E-state index in [-0.39, 0.29) is 18.1 Å². The summed E-state index contributed by atoms with van der Waals surface area (Å²) in [5, 5.41) is 3.36. The number of carbonyl (C=O) groups is 1. The van der Waals surface area contributed by atoms with Crippen molar-refractivity contribution < 1.29 is 9.53 Å². The predicted molar refractivity (Wildman–Crippen MR) is 64.1 cm³/mol. The van der Waals surface area contributed by atoms with E-state index in [1.165, 1.54) is 12.7 Å². The zero-order valence-corrected chi connectivity index (χ0v) is 10.1. The molecule has 0 fully saturated rings. The maximum absolute atomic E-state index is 11.1. The molecule has 1 N–H and O–H groups in total. The third-order valence-electron chi connectivity index (χ3n) is 2.53. The van der Waals surface area contributed by atoms with E-state index < -0.39 is 0 Å². The van der Waals surface area contributed by atoms with E-state index >= 15 is 0 Å². The quantitative estimate of drug-likeness (QED) is 0.775. The Hall–Kier alpha value is -1.35. The Morgan fingerprint density at radius 1 is 1.31 bits per heavy atom. The summed E-state index contributed by atoms with van der Waals surface area (Å²) in [6.45, 7) is 4.07. The number of carbonyl (C=O) groups excluding carboxylic acids is 1. The van der Waals surface area contributed by atoms with Gasteiger partial charge in [-0.25, -0.2) is 0 Å². The van der Waals surface area contributed by atoms with Gasteiger partial charge < -0.3 is 10.1 Å². The highest BCUT2D eigenvalue weighted by Crippen LogP contribution is 2.12. The van der Waals surface area contributed by atoms with Gasteiger partial charge in [0, 0.05) is 12.1 Å². The van der Waals surface area contributed by atoms with Gasteiger partial charge in [0.2, 0.25) is 0 Å². The van der Waals surface area contributed by atoms with Gasteiger partial charge in [0.25, 0.3) is 0 Å². The second kappa shape index (κ2) is 6.28. The first-order valence-electron chi connectivity index (χ1n) is 5.51. The van der Waals surface area contributed by atoms with Gasteiger partial charge in [0.15, 0.2) is 0 Å². The molecule has 0 saturated carbocycles. The molecular weight excluding hydrogens is 202 g/mol. The average molecular weight is 221 g/mol. The lowest BCUT2D eigenvalue weighted by Gasteiger charge is -2.19. The third kappa shape index (κ3) is 4.03. The van der Waals surface area contributed by atoms with Gasteiger partial charge in [-0.1, -0.05) is 30.3 Å². The fraction of sp³-hybridized carbons (Fsp3) is 0.462. The highest BCUT2D eigenvalue weighted by Gasteiger charge is 2.12. The van der Waals surface area contributed by atoms with Crippen LogP contribution in [0, 0.1) is 0 Å². The fourth-order valence-electron chi connectivity index (χ4n) is 1.66. The summed E-state index contributed by atoms with van der Waals surface area (Å²) in [7, 11) is 1.41. The van der Waals surface area contributed by atoms with Crippen molar-refractivity contribution in [3.05, 3.63) is 35.9 Å². The number of hydrogen-bond acceptors (Lipinski definition) is 3. The molecule has 0 aromatic heterocycles. The molecule has 1 aromatic carbocycles. The molecule has 16 heavy (non-hydrogen) atoms. The highest BCUT2D eigenvalue weighted by atomic mass is 16.5. The van der Waals surface area contributed by atoms with E-state index in [0.29, 0.717) is 6.42 Å². The van der Waals surface area contributed by atoms with Crippen molar-refractivity contribution >= 4 is 5.97 Å². The molecule has 0 aliphatic rings. The maximum Gasteiger partial charge on any atom is 0.307 e. The van der Waals surface area contributed by atoms with Crippen LogP contribution in [0.1, 0.15) is 31.9 Å². The molecule has 0 saturated heterocycles. The van der Waals surface area contributed by atoms with Gasteiger partial charge in [0.05, 0.1) is 13.5 Å². The number of esters is 1. The standard InChI is InChI=1S/C13H19NO2/c1-10(9-13(15)16-3)14-11(2)12-7-5-4-6-8-12/h4-8,10-11,14H,9H2,1-3H3/t10-,11?/m1/s1. The summed E-state index contributed by atoms with van der Waals surface area (Å²) in [6, 6.07) is 10.5. The van der Waals surface area contributed by atoms with E-state index in [1.807, 2.05) is 25.1 Å². The van der Waals surface area contributed by atoms with Crippen LogP contribution < -0.4 is 5.32 Å². The third-order valence-corrected chi connectivity index (χ3v) is 2.53. The van der Waals surface area contributed by atoms with Crippen LogP contribution in [0.15, 0.2) is 30.3 Å². The van der Waals surface area contributed by atoms with Crippen molar-refractivity contribution in [3.8, 4) is 0 Å². The van der Waals surface area contributed by atoms with Crippen LogP contribution in [0.4, 0.5) is 0 Å². The van der Waals surface area contributed by atoms with Crippen LogP contribution in [0.2, 0.25) is 0 Å². The van der Waals surface area contributed by atoms with Gasteiger partial charge in [0.1, 0.15) is 0 Å². The van der Waals surface area contributed by atoms with Crippen molar-refractivity contribution in [3.63, 3.8) is 0 Å². The Kier molecular flexibility index (Phi) is 4.99. The van der Waals surface area contributed by atoms with Crippen molar-refractivity contribution in [1.82, 2.24) is 5.32 Å². The Morgan fingerprint density at radius 3 is 2.50 bits per heavy atom. The van der Waals surface area contributed by atoms with E-state index in [0.717, 1.165) is 0 Å². The van der Waals surface area contributed by atoms with Crippen molar-refractivity contribution in [2.24, 2.45) is 0 Å². The normalized spacial score (nSPS) is 14.2. The molecule has 1 rings (SSSR count). The number of benzene rings is 1. The fourth-order valence-corrected chi connectivity index (χ4v) is 1.66. The lowest BCUT2D eigenvalue weighted by molar-refractivity contribution is -0.141. The lowest BCUT2D eigenvalue weighted by Crippen LogP contribution is -2.31. The molecule has 0 spiro atoms. The SMILES string of the molecule is COC(=O)C[C@@H](C)NC(C)c1ccccc1. The Morgan fingerprint density at radius 2 is 1.94 bits per heavy atom. The van der Waals surface area contributed by atoms with Crippen molar-refractivity contribution in [2.75, 3.05) is 7.11 Å². The number of rotatable bonds is 5. The molecule has 1 aromatic rings. The predicted octanol–water partition coefficient (Wildman–Crippen LogP) is 2.29. The molecule has 88 valence electrons. The summed E-state index contributed by atoms with van der Waals surface area (Å²) in [5.74, 6) is -0.180. The van der Waals surface area contributed by atoms with Crippen molar-refractivity contribution in [1.29, 1.82) is 0 Å². The Labute approximate surface area is 96.8 Å². The van der Waals surface area contributed by atoms with Gasteiger partial charge >= 0.3 is 5.97 Å². The van der Waals surface area contributed by atoms with Gasteiger partial charge in [-0.2, -0.15) is 0 Å². The van der Waals surface area contributed by atoms with E-state index in [1.54, 1.807) is 0 Å². The molecule has 1 unspecified atom stereocenters. The molecule has 0 aliphatic carbocycles. The van der Waals surface area contributed by atoms with Crippen LogP contribution in [0.3, 0.4) is 0 Å². The minimum Gasteiger partial charge on any atom is -0.469 e. The topological polar surface area (TPSA) is 38.3 Å². The van der Waals surface area contributed by atoms with E-state index in [4.69, 9.17) is 0 Å². The largest absolute Gasteiger partial charge is 0.469 e. The first kappa shape index (κ1) is 12.7. The highest BCUT2D eigenvalue weighted by molar-refractivity contribution is 5.69. The monoisotopic (exact) mass is 221 g/mol. The number of hydrogen-bond donors (Lipinski definition) is 1. The van der Waals surface area contributed by atoms with Crippen molar-refractivity contribution in [2.45, 2.75) is 32.4 Å². The molecule has 0 radical (unpaired) electrons. The molecule has 0 aliphatic heterocycles. The lowest BCUT2D eigenvalue weighted by atomic mass is 10.1. The van der Waals surface area contributed by atoms with Gasteiger partial charge in [-0.05, 0) is 19.4 Å². The summed E-state index contributed by atoms with van der Waals surface area (Å²) in [4.78, 5) is 11.1. The average Bonchev–Trinajstić information content (AvgIpc) is 2.29. The van der Waals surface area contributed by atoms with E-state index in [2.05, 4.69) is 29.1 Å². The molecule has 2 atom stereocenters. The minimum atomic E-state index is -0.180. The summed E-state index contributed by atoms with van der Waals surface area (Å²) >= 11 is 0. The zero-order valence-electron chi connectivity index (χ0n) is 10.1. The number of nitrogens with one attached hydrogen (secondary N) is 1. The smallest absolute Gasteiger partial charge is 0.307 e. The number of ether oxygens (including phenoxy) is 1. The maximum atomic E-state index is 11.1. The second-order valence-electron chi connectivity index (χ2n) is 3.98.